The third kappa shape index (κ3) is 3.55. The van der Waals surface area contributed by atoms with Crippen LogP contribution in [0.15, 0.2) is 36.5 Å². The largest absolute Gasteiger partial charge is 0.483 e. The molecule has 2 rings (SSSR count). The topological polar surface area (TPSA) is 61.0 Å². The van der Waals surface area contributed by atoms with Crippen molar-refractivity contribution in [3.8, 4) is 11.4 Å². The van der Waals surface area contributed by atoms with E-state index >= 15 is 0 Å². The van der Waals surface area contributed by atoms with Crippen LogP contribution in [0.3, 0.4) is 0 Å². The second kappa shape index (κ2) is 5.89. The molecule has 1 aromatic carbocycles. The molecule has 0 unspecified atom stereocenters. The number of halogens is 7. The normalized spacial score (nSPS) is 13.1. The number of benzene rings is 1. The number of nitrogens with two attached hydrogens (primary N) is 1. The van der Waals surface area contributed by atoms with Crippen molar-refractivity contribution in [1.29, 1.82) is 0 Å². The predicted octanol–water partition coefficient (Wildman–Crippen LogP) is 3.95. The van der Waals surface area contributed by atoms with Crippen LogP contribution in [0.5, 0.6) is 0 Å². The summed E-state index contributed by atoms with van der Waals surface area (Å²) in [6.45, 7) is 0. The maximum absolute atomic E-state index is 13.8. The molecule has 0 aliphatic heterocycles. The smallest absolute Gasteiger partial charge is 0.396 e. The molecule has 11 heteroatoms. The first-order chi connectivity index (χ1) is 10.9. The van der Waals surface area contributed by atoms with Crippen LogP contribution in [0.1, 0.15) is 5.69 Å². The van der Waals surface area contributed by atoms with Gasteiger partial charge in [-0.1, -0.05) is 30.3 Å². The van der Waals surface area contributed by atoms with Gasteiger partial charge in [0.05, 0.1) is 11.9 Å². The number of nitrogens with zero attached hydrogens (tertiary/aromatic N) is 2. The summed E-state index contributed by atoms with van der Waals surface area (Å²) in [6.07, 6.45) is -16.9. The second-order valence-electron chi connectivity index (χ2n) is 4.50. The van der Waals surface area contributed by atoms with E-state index in [0.29, 0.717) is 6.20 Å². The van der Waals surface area contributed by atoms with E-state index < -0.39 is 29.8 Å². The highest BCUT2D eigenvalue weighted by Crippen LogP contribution is 2.44. The van der Waals surface area contributed by atoms with Crippen LogP contribution in [-0.4, -0.2) is 22.3 Å². The number of hydrogen-bond acceptors (Lipinski definition) is 4. The van der Waals surface area contributed by atoms with Crippen LogP contribution in [-0.2, 0) is 10.8 Å². The Morgan fingerprint density at radius 2 is 1.50 bits per heavy atom. The van der Waals surface area contributed by atoms with Crippen molar-refractivity contribution >= 4 is 5.69 Å². The Morgan fingerprint density at radius 1 is 0.917 bits per heavy atom. The van der Waals surface area contributed by atoms with Gasteiger partial charge in [0.15, 0.2) is 11.5 Å². The Kier molecular flexibility index (Phi) is 4.40. The van der Waals surface area contributed by atoms with E-state index in [1.165, 1.54) is 24.3 Å². The molecular formula is C13H8F7N3O. The van der Waals surface area contributed by atoms with Crippen molar-refractivity contribution in [2.45, 2.75) is 18.4 Å². The second-order valence-corrected chi connectivity index (χ2v) is 4.50. The van der Waals surface area contributed by atoms with Gasteiger partial charge < -0.3 is 5.73 Å². The number of aromatic nitrogens is 2. The Balaban J connectivity index is 2.43. The molecule has 0 radical (unpaired) electrons. The first-order valence-corrected chi connectivity index (χ1v) is 6.15. The highest BCUT2D eigenvalue weighted by Gasteiger charge is 2.64. The van der Waals surface area contributed by atoms with Crippen LogP contribution in [0.25, 0.3) is 11.4 Å². The molecule has 0 saturated carbocycles. The van der Waals surface area contributed by atoms with Gasteiger partial charge in [-0.3, -0.25) is 0 Å². The van der Waals surface area contributed by atoms with Crippen LogP contribution in [0, 0.1) is 0 Å². The Morgan fingerprint density at radius 3 is 2.04 bits per heavy atom. The maximum atomic E-state index is 13.8. The number of anilines is 1. The predicted molar refractivity (Wildman–Crippen MR) is 67.9 cm³/mol. The molecule has 0 spiro atoms. The summed E-state index contributed by atoms with van der Waals surface area (Å²) in [7, 11) is 0. The lowest BCUT2D eigenvalue weighted by atomic mass is 10.2. The zero-order valence-electron chi connectivity index (χ0n) is 11.5. The number of rotatable bonds is 4. The standard InChI is InChI=1S/C13H8F7N3O/c14-11(15,24-13(19,20)12(16,17)18)9-8(21)6-22-10(23-9)7-4-2-1-3-5-7/h1-6H,21H2. The summed E-state index contributed by atoms with van der Waals surface area (Å²) in [4.78, 5) is 6.90. The van der Waals surface area contributed by atoms with Gasteiger partial charge in [-0.2, -0.15) is 30.7 Å². The molecule has 1 heterocycles. The summed E-state index contributed by atoms with van der Waals surface area (Å²) in [5, 5.41) is 0. The molecule has 2 N–H and O–H groups in total. The summed E-state index contributed by atoms with van der Waals surface area (Å²) in [5.41, 5.74) is 2.89. The number of alkyl halides is 7. The molecule has 0 aliphatic carbocycles. The lowest BCUT2D eigenvalue weighted by Crippen LogP contribution is -2.44. The van der Waals surface area contributed by atoms with Gasteiger partial charge in [0.1, 0.15) is 0 Å². The summed E-state index contributed by atoms with van der Waals surface area (Å²) < 4.78 is 91.9. The van der Waals surface area contributed by atoms with Crippen LogP contribution in [0.2, 0.25) is 0 Å². The molecule has 24 heavy (non-hydrogen) atoms. The molecule has 0 amide bonds. The molecule has 130 valence electrons. The zero-order chi connectivity index (χ0) is 18.2. The SMILES string of the molecule is Nc1cnc(-c2ccccc2)nc1C(F)(F)OC(F)(F)C(F)(F)F. The summed E-state index contributed by atoms with van der Waals surface area (Å²) in [5.74, 6) is -0.349. The molecular weight excluding hydrogens is 347 g/mol. The van der Waals surface area contributed by atoms with Gasteiger partial charge in [-0.15, -0.1) is 0 Å². The molecule has 2 aromatic rings. The number of nitrogen functional groups attached to an aromatic ring is 1. The van der Waals surface area contributed by atoms with E-state index in [9.17, 15) is 30.7 Å². The van der Waals surface area contributed by atoms with Gasteiger partial charge >= 0.3 is 18.4 Å². The van der Waals surface area contributed by atoms with Crippen molar-refractivity contribution in [3.05, 3.63) is 42.2 Å². The van der Waals surface area contributed by atoms with E-state index in [4.69, 9.17) is 5.73 Å². The zero-order valence-corrected chi connectivity index (χ0v) is 11.5. The van der Waals surface area contributed by atoms with Crippen molar-refractivity contribution in [3.63, 3.8) is 0 Å². The fourth-order valence-electron chi connectivity index (χ4n) is 1.62. The Bertz CT molecular complexity index is 719. The third-order valence-electron chi connectivity index (χ3n) is 2.71. The number of hydrogen-bond donors (Lipinski definition) is 1. The minimum absolute atomic E-state index is 0.220. The summed E-state index contributed by atoms with van der Waals surface area (Å²) in [6, 6.07) is 7.46. The maximum Gasteiger partial charge on any atom is 0.483 e. The highest BCUT2D eigenvalue weighted by molar-refractivity contribution is 5.57. The molecule has 0 aliphatic rings. The first-order valence-electron chi connectivity index (χ1n) is 6.15. The molecule has 0 bridgehead atoms. The van der Waals surface area contributed by atoms with Crippen LogP contribution in [0.4, 0.5) is 36.4 Å². The Hall–Kier alpha value is -2.43. The van der Waals surface area contributed by atoms with Gasteiger partial charge in [0.2, 0.25) is 0 Å². The van der Waals surface area contributed by atoms with Crippen molar-refractivity contribution in [2.75, 3.05) is 5.73 Å². The number of ether oxygens (including phenoxy) is 1. The van der Waals surface area contributed by atoms with Crippen molar-refractivity contribution in [2.24, 2.45) is 0 Å². The molecule has 4 nitrogen and oxygen atoms in total. The fraction of sp³-hybridized carbons (Fsp3) is 0.231. The van der Waals surface area contributed by atoms with Gasteiger partial charge in [-0.25, -0.2) is 14.7 Å². The monoisotopic (exact) mass is 355 g/mol. The van der Waals surface area contributed by atoms with Gasteiger partial charge in [0, 0.05) is 5.56 Å². The third-order valence-corrected chi connectivity index (χ3v) is 2.71. The van der Waals surface area contributed by atoms with Gasteiger partial charge in [0.25, 0.3) is 0 Å². The van der Waals surface area contributed by atoms with E-state index in [2.05, 4.69) is 14.7 Å². The van der Waals surface area contributed by atoms with Crippen molar-refractivity contribution in [1.82, 2.24) is 9.97 Å². The lowest BCUT2D eigenvalue weighted by molar-refractivity contribution is -0.462. The minimum atomic E-state index is -6.33. The minimum Gasteiger partial charge on any atom is -0.396 e. The molecule has 0 fully saturated rings. The molecule has 0 atom stereocenters. The van der Waals surface area contributed by atoms with E-state index in [-0.39, 0.29) is 11.4 Å². The molecule has 0 saturated heterocycles. The Labute approximate surface area is 130 Å². The van der Waals surface area contributed by atoms with E-state index in [0.717, 1.165) is 0 Å². The quantitative estimate of drug-likeness (QED) is 0.844. The van der Waals surface area contributed by atoms with E-state index in [1.54, 1.807) is 6.07 Å². The van der Waals surface area contributed by atoms with Crippen LogP contribution >= 0.6 is 0 Å². The lowest BCUT2D eigenvalue weighted by Gasteiger charge is -2.25. The highest BCUT2D eigenvalue weighted by atomic mass is 19.4. The van der Waals surface area contributed by atoms with Crippen LogP contribution < -0.4 is 5.73 Å². The fourth-order valence-corrected chi connectivity index (χ4v) is 1.62. The molecule has 1 aromatic heterocycles. The summed E-state index contributed by atoms with van der Waals surface area (Å²) >= 11 is 0. The van der Waals surface area contributed by atoms with Crippen molar-refractivity contribution < 1.29 is 35.5 Å². The van der Waals surface area contributed by atoms with E-state index in [1.807, 2.05) is 0 Å². The van der Waals surface area contributed by atoms with Gasteiger partial charge in [-0.05, 0) is 0 Å². The average Bonchev–Trinajstić information content (AvgIpc) is 2.46. The first kappa shape index (κ1) is 17.9. The average molecular weight is 355 g/mol.